The number of hydrogen-bond acceptors (Lipinski definition) is 1. The molecule has 0 aliphatic carbocycles. The monoisotopic (exact) mass is 237 g/mol. The smallest absolute Gasteiger partial charge is 0.228 e. The lowest BCUT2D eigenvalue weighted by Crippen LogP contribution is -2.11. The first-order valence-electron chi connectivity index (χ1n) is 5.05. The topological polar surface area (TPSA) is 12.9 Å². The van der Waals surface area contributed by atoms with Crippen LogP contribution in [0.25, 0.3) is 0 Å². The molecular formula is C11H15F4N. The van der Waals surface area contributed by atoms with Crippen molar-refractivity contribution >= 4 is 0 Å². The maximum absolute atomic E-state index is 12.5. The minimum atomic E-state index is -4.52. The van der Waals surface area contributed by atoms with E-state index in [-0.39, 0.29) is 11.5 Å². The molecule has 0 aromatic carbocycles. The van der Waals surface area contributed by atoms with Crippen LogP contribution in [0.15, 0.2) is 12.3 Å². The molecule has 1 aromatic rings. The summed E-state index contributed by atoms with van der Waals surface area (Å²) >= 11 is 0. The van der Waals surface area contributed by atoms with Gasteiger partial charge in [-0.2, -0.15) is 17.6 Å². The van der Waals surface area contributed by atoms with Crippen LogP contribution in [0.3, 0.4) is 0 Å². The molecule has 0 aliphatic rings. The standard InChI is InChI=1S/C9H9F4N.C2H6/c1-5(2)6-4-14-8(10)3-7(6)9(11,12)13;1-2/h3-5H,1-2H3;1-2H3. The van der Waals surface area contributed by atoms with Crippen LogP contribution in [0, 0.1) is 5.95 Å². The van der Waals surface area contributed by atoms with E-state index in [2.05, 4.69) is 4.98 Å². The van der Waals surface area contributed by atoms with E-state index < -0.39 is 17.7 Å². The van der Waals surface area contributed by atoms with Gasteiger partial charge in [-0.15, -0.1) is 0 Å². The second-order valence-electron chi connectivity index (χ2n) is 3.25. The molecule has 0 spiro atoms. The molecule has 0 unspecified atom stereocenters. The number of hydrogen-bond donors (Lipinski definition) is 0. The van der Waals surface area contributed by atoms with Gasteiger partial charge in [-0.25, -0.2) is 4.98 Å². The molecule has 0 aliphatic heterocycles. The van der Waals surface area contributed by atoms with E-state index in [1.165, 1.54) is 0 Å². The Bertz CT molecular complexity index is 331. The van der Waals surface area contributed by atoms with E-state index in [9.17, 15) is 17.6 Å². The van der Waals surface area contributed by atoms with E-state index in [1.807, 2.05) is 13.8 Å². The molecule has 1 aromatic heterocycles. The minimum absolute atomic E-state index is 0.0129. The Morgan fingerprint density at radius 1 is 1.19 bits per heavy atom. The molecule has 92 valence electrons. The van der Waals surface area contributed by atoms with Crippen molar-refractivity contribution in [3.05, 3.63) is 29.3 Å². The zero-order chi connectivity index (χ0) is 12.9. The van der Waals surface area contributed by atoms with Crippen LogP contribution in [-0.4, -0.2) is 4.98 Å². The lowest BCUT2D eigenvalue weighted by Gasteiger charge is -2.14. The molecular weight excluding hydrogens is 222 g/mol. The average Bonchev–Trinajstić information content (AvgIpc) is 2.19. The van der Waals surface area contributed by atoms with Crippen LogP contribution in [0.1, 0.15) is 44.7 Å². The van der Waals surface area contributed by atoms with Crippen molar-refractivity contribution < 1.29 is 17.6 Å². The zero-order valence-electron chi connectivity index (χ0n) is 9.69. The molecule has 0 radical (unpaired) electrons. The normalized spacial score (nSPS) is 11.1. The van der Waals surface area contributed by atoms with Gasteiger partial charge in [0.05, 0.1) is 5.56 Å². The van der Waals surface area contributed by atoms with E-state index in [0.29, 0.717) is 6.07 Å². The van der Waals surface area contributed by atoms with Crippen molar-refractivity contribution in [2.45, 2.75) is 39.8 Å². The first kappa shape index (κ1) is 14.9. The van der Waals surface area contributed by atoms with Crippen LogP contribution in [0.5, 0.6) is 0 Å². The predicted molar refractivity (Wildman–Crippen MR) is 54.6 cm³/mol. The summed E-state index contributed by atoms with van der Waals surface area (Å²) in [5.74, 6) is -1.44. The third-order valence-electron chi connectivity index (χ3n) is 1.83. The molecule has 0 fully saturated rings. The summed E-state index contributed by atoms with van der Waals surface area (Å²) in [5, 5.41) is 0. The second kappa shape index (κ2) is 5.82. The van der Waals surface area contributed by atoms with Gasteiger partial charge in [0, 0.05) is 12.3 Å². The van der Waals surface area contributed by atoms with Crippen molar-refractivity contribution in [1.29, 1.82) is 0 Å². The van der Waals surface area contributed by atoms with Crippen molar-refractivity contribution in [2.75, 3.05) is 0 Å². The average molecular weight is 237 g/mol. The van der Waals surface area contributed by atoms with Crippen LogP contribution < -0.4 is 0 Å². The highest BCUT2D eigenvalue weighted by Gasteiger charge is 2.34. The Kier molecular flexibility index (Phi) is 5.41. The third kappa shape index (κ3) is 3.79. The maximum atomic E-state index is 12.5. The molecule has 0 saturated carbocycles. The van der Waals surface area contributed by atoms with Gasteiger partial charge >= 0.3 is 6.18 Å². The molecule has 0 amide bonds. The largest absolute Gasteiger partial charge is 0.416 e. The van der Waals surface area contributed by atoms with Crippen LogP contribution in [-0.2, 0) is 6.18 Å². The molecule has 1 nitrogen and oxygen atoms in total. The predicted octanol–water partition coefficient (Wildman–Crippen LogP) is 4.39. The molecule has 16 heavy (non-hydrogen) atoms. The summed E-state index contributed by atoms with van der Waals surface area (Å²) in [6.45, 7) is 7.20. The zero-order valence-corrected chi connectivity index (χ0v) is 9.69. The van der Waals surface area contributed by atoms with Crippen LogP contribution in [0.2, 0.25) is 0 Å². The summed E-state index contributed by atoms with van der Waals surface area (Å²) in [6.07, 6.45) is -3.59. The van der Waals surface area contributed by atoms with Crippen molar-refractivity contribution in [3.8, 4) is 0 Å². The Hall–Kier alpha value is -1.13. The Labute approximate surface area is 92.5 Å². The molecule has 0 N–H and O–H groups in total. The highest BCUT2D eigenvalue weighted by molar-refractivity contribution is 5.29. The fourth-order valence-electron chi connectivity index (χ4n) is 1.15. The van der Waals surface area contributed by atoms with Crippen LogP contribution >= 0.6 is 0 Å². The number of halogens is 4. The van der Waals surface area contributed by atoms with Gasteiger partial charge < -0.3 is 0 Å². The van der Waals surface area contributed by atoms with E-state index in [1.54, 1.807) is 13.8 Å². The molecule has 1 heterocycles. The fourth-order valence-corrected chi connectivity index (χ4v) is 1.15. The minimum Gasteiger partial charge on any atom is -0.228 e. The van der Waals surface area contributed by atoms with E-state index in [0.717, 1.165) is 6.20 Å². The van der Waals surface area contributed by atoms with E-state index in [4.69, 9.17) is 0 Å². The number of rotatable bonds is 1. The fraction of sp³-hybridized carbons (Fsp3) is 0.545. The maximum Gasteiger partial charge on any atom is 0.416 e. The second-order valence-corrected chi connectivity index (χ2v) is 3.25. The summed E-state index contributed by atoms with van der Waals surface area (Å²) in [6, 6.07) is 0.426. The van der Waals surface area contributed by atoms with Gasteiger partial charge in [0.25, 0.3) is 0 Å². The summed E-state index contributed by atoms with van der Waals surface area (Å²) in [7, 11) is 0. The molecule has 0 atom stereocenters. The van der Waals surface area contributed by atoms with Gasteiger partial charge in [-0.3, -0.25) is 0 Å². The Balaban J connectivity index is 0.00000106. The first-order valence-corrected chi connectivity index (χ1v) is 5.05. The molecule has 0 saturated heterocycles. The Morgan fingerprint density at radius 2 is 1.69 bits per heavy atom. The highest BCUT2D eigenvalue weighted by Crippen LogP contribution is 2.34. The van der Waals surface area contributed by atoms with Crippen molar-refractivity contribution in [3.63, 3.8) is 0 Å². The quantitative estimate of drug-likeness (QED) is 0.521. The summed E-state index contributed by atoms with van der Waals surface area (Å²) in [4.78, 5) is 3.21. The lowest BCUT2D eigenvalue weighted by molar-refractivity contribution is -0.138. The number of nitrogens with zero attached hydrogens (tertiary/aromatic N) is 1. The van der Waals surface area contributed by atoms with Crippen molar-refractivity contribution in [1.82, 2.24) is 4.98 Å². The summed E-state index contributed by atoms with van der Waals surface area (Å²) in [5.41, 5.74) is -0.932. The highest BCUT2D eigenvalue weighted by atomic mass is 19.4. The lowest BCUT2D eigenvalue weighted by atomic mass is 9.99. The first-order chi connectivity index (χ1) is 7.32. The summed E-state index contributed by atoms with van der Waals surface area (Å²) < 4.78 is 49.7. The van der Waals surface area contributed by atoms with Gasteiger partial charge in [-0.05, 0) is 11.5 Å². The number of pyridine rings is 1. The van der Waals surface area contributed by atoms with Gasteiger partial charge in [-0.1, -0.05) is 27.7 Å². The van der Waals surface area contributed by atoms with Crippen LogP contribution in [0.4, 0.5) is 17.6 Å². The number of alkyl halides is 3. The SMILES string of the molecule is CC.CC(C)c1cnc(F)cc1C(F)(F)F. The third-order valence-corrected chi connectivity index (χ3v) is 1.83. The Morgan fingerprint density at radius 3 is 2.06 bits per heavy atom. The van der Waals surface area contributed by atoms with Gasteiger partial charge in [0.15, 0.2) is 0 Å². The number of aromatic nitrogens is 1. The molecule has 0 bridgehead atoms. The van der Waals surface area contributed by atoms with Gasteiger partial charge in [0.2, 0.25) is 5.95 Å². The van der Waals surface area contributed by atoms with Crippen molar-refractivity contribution in [2.24, 2.45) is 0 Å². The van der Waals surface area contributed by atoms with Gasteiger partial charge in [0.1, 0.15) is 0 Å². The molecule has 5 heteroatoms. The van der Waals surface area contributed by atoms with E-state index >= 15 is 0 Å². The molecule has 1 rings (SSSR count).